The lowest BCUT2D eigenvalue weighted by molar-refractivity contribution is -0.115. The molecule has 0 bridgehead atoms. The Morgan fingerprint density at radius 2 is 2.00 bits per heavy atom. The highest BCUT2D eigenvalue weighted by Crippen LogP contribution is 2.20. The number of piperidine rings is 1. The highest BCUT2D eigenvalue weighted by molar-refractivity contribution is 5.97. The van der Waals surface area contributed by atoms with Crippen LogP contribution in [0.5, 0.6) is 0 Å². The van der Waals surface area contributed by atoms with Crippen molar-refractivity contribution in [3.8, 4) is 0 Å². The molecule has 1 aliphatic heterocycles. The second kappa shape index (κ2) is 10.4. The van der Waals surface area contributed by atoms with Gasteiger partial charge in [-0.1, -0.05) is 24.6 Å². The molecule has 2 aliphatic rings. The maximum atomic E-state index is 12.7. The van der Waals surface area contributed by atoms with E-state index < -0.39 is 0 Å². The van der Waals surface area contributed by atoms with Gasteiger partial charge in [0, 0.05) is 24.3 Å². The van der Waals surface area contributed by atoms with Gasteiger partial charge in [0.15, 0.2) is 0 Å². The van der Waals surface area contributed by atoms with Crippen molar-refractivity contribution >= 4 is 17.5 Å². The fraction of sp³-hybridized carbons (Fsp3) is 0.565. The molecule has 0 spiro atoms. The molecule has 152 valence electrons. The SMILES string of the molecule is CC1CCN(C(=O)c2cccc(NC(=O)CNCCC3=CCCCC3)c2)CC1. The Labute approximate surface area is 168 Å². The maximum Gasteiger partial charge on any atom is 0.253 e. The third-order valence-electron chi connectivity index (χ3n) is 5.76. The molecule has 0 unspecified atom stereocenters. The van der Waals surface area contributed by atoms with E-state index in [1.54, 1.807) is 6.07 Å². The van der Waals surface area contributed by atoms with Crippen LogP contribution in [0, 0.1) is 5.92 Å². The van der Waals surface area contributed by atoms with E-state index in [1.165, 1.54) is 31.3 Å². The molecule has 0 atom stereocenters. The van der Waals surface area contributed by atoms with Crippen molar-refractivity contribution in [3.05, 3.63) is 41.5 Å². The van der Waals surface area contributed by atoms with Crippen LogP contribution >= 0.6 is 0 Å². The van der Waals surface area contributed by atoms with E-state index in [2.05, 4.69) is 23.6 Å². The molecule has 2 amide bonds. The molecule has 1 saturated heterocycles. The van der Waals surface area contributed by atoms with Crippen molar-refractivity contribution in [1.29, 1.82) is 0 Å². The van der Waals surface area contributed by atoms with Crippen LogP contribution in [-0.2, 0) is 4.79 Å². The predicted octanol–water partition coefficient (Wildman–Crippen LogP) is 3.98. The van der Waals surface area contributed by atoms with Gasteiger partial charge in [0.1, 0.15) is 0 Å². The van der Waals surface area contributed by atoms with Crippen LogP contribution in [0.25, 0.3) is 0 Å². The summed E-state index contributed by atoms with van der Waals surface area (Å²) in [4.78, 5) is 26.8. The first-order valence-electron chi connectivity index (χ1n) is 10.7. The van der Waals surface area contributed by atoms with Crippen molar-refractivity contribution in [2.45, 2.75) is 51.9 Å². The van der Waals surface area contributed by atoms with Crippen LogP contribution in [0.3, 0.4) is 0 Å². The number of allylic oxidation sites excluding steroid dienone is 1. The Morgan fingerprint density at radius 1 is 1.18 bits per heavy atom. The lowest BCUT2D eigenvalue weighted by Crippen LogP contribution is -2.37. The average Bonchev–Trinajstić information content (AvgIpc) is 2.72. The Balaban J connectivity index is 1.43. The summed E-state index contributed by atoms with van der Waals surface area (Å²) in [5.41, 5.74) is 2.83. The molecule has 1 aromatic rings. The van der Waals surface area contributed by atoms with Crippen LogP contribution in [0.15, 0.2) is 35.9 Å². The Morgan fingerprint density at radius 3 is 2.75 bits per heavy atom. The molecule has 0 aromatic heterocycles. The van der Waals surface area contributed by atoms with Gasteiger partial charge in [0.05, 0.1) is 6.54 Å². The first kappa shape index (κ1) is 20.6. The van der Waals surface area contributed by atoms with Crippen LogP contribution < -0.4 is 10.6 Å². The smallest absolute Gasteiger partial charge is 0.253 e. The summed E-state index contributed by atoms with van der Waals surface area (Å²) in [7, 11) is 0. The van der Waals surface area contributed by atoms with Gasteiger partial charge in [-0.25, -0.2) is 0 Å². The minimum atomic E-state index is -0.0750. The molecule has 5 heteroatoms. The largest absolute Gasteiger partial charge is 0.339 e. The zero-order valence-electron chi connectivity index (χ0n) is 17.0. The summed E-state index contributed by atoms with van der Waals surface area (Å²) in [6.07, 6.45) is 10.5. The number of hydrogen-bond donors (Lipinski definition) is 2. The van der Waals surface area contributed by atoms with E-state index in [4.69, 9.17) is 0 Å². The molecule has 0 radical (unpaired) electrons. The van der Waals surface area contributed by atoms with Crippen molar-refractivity contribution in [2.24, 2.45) is 5.92 Å². The number of anilines is 1. The quantitative estimate of drug-likeness (QED) is 0.553. The number of carbonyl (C=O) groups is 2. The molecule has 5 nitrogen and oxygen atoms in total. The highest BCUT2D eigenvalue weighted by Gasteiger charge is 2.21. The minimum absolute atomic E-state index is 0.0573. The topological polar surface area (TPSA) is 61.4 Å². The standard InChI is InChI=1S/C23H33N3O2/c1-18-11-14-26(15-12-18)23(28)20-8-5-9-21(16-20)25-22(27)17-24-13-10-19-6-3-2-4-7-19/h5-6,8-9,16,18,24H,2-4,7,10-15,17H2,1H3,(H,25,27). The van der Waals surface area contributed by atoms with Crippen LogP contribution in [-0.4, -0.2) is 42.9 Å². The minimum Gasteiger partial charge on any atom is -0.339 e. The van der Waals surface area contributed by atoms with E-state index in [9.17, 15) is 9.59 Å². The number of amides is 2. The second-order valence-corrected chi connectivity index (χ2v) is 8.14. The van der Waals surface area contributed by atoms with Gasteiger partial charge in [-0.3, -0.25) is 9.59 Å². The Hall–Kier alpha value is -2.14. The number of rotatable bonds is 7. The fourth-order valence-electron chi connectivity index (χ4n) is 3.91. The summed E-state index contributed by atoms with van der Waals surface area (Å²) in [6.45, 7) is 4.98. The summed E-state index contributed by atoms with van der Waals surface area (Å²) in [6, 6.07) is 7.27. The maximum absolute atomic E-state index is 12.7. The molecular formula is C23H33N3O2. The number of carbonyl (C=O) groups excluding carboxylic acids is 2. The van der Waals surface area contributed by atoms with Gasteiger partial charge < -0.3 is 15.5 Å². The van der Waals surface area contributed by atoms with Gasteiger partial charge in [0.2, 0.25) is 5.91 Å². The molecule has 28 heavy (non-hydrogen) atoms. The van der Waals surface area contributed by atoms with Gasteiger partial charge in [0.25, 0.3) is 5.91 Å². The molecule has 1 fully saturated rings. The molecular weight excluding hydrogens is 350 g/mol. The molecule has 2 N–H and O–H groups in total. The van der Waals surface area contributed by atoms with E-state index >= 15 is 0 Å². The molecule has 0 saturated carbocycles. The summed E-state index contributed by atoms with van der Waals surface area (Å²) < 4.78 is 0. The molecule has 3 rings (SSSR count). The van der Waals surface area contributed by atoms with E-state index in [0.717, 1.165) is 38.9 Å². The van der Waals surface area contributed by atoms with E-state index in [1.807, 2.05) is 23.1 Å². The summed E-state index contributed by atoms with van der Waals surface area (Å²) >= 11 is 0. The predicted molar refractivity (Wildman–Crippen MR) is 113 cm³/mol. The molecule has 1 aromatic carbocycles. The zero-order chi connectivity index (χ0) is 19.8. The lowest BCUT2D eigenvalue weighted by Gasteiger charge is -2.30. The van der Waals surface area contributed by atoms with Crippen molar-refractivity contribution in [3.63, 3.8) is 0 Å². The van der Waals surface area contributed by atoms with Gasteiger partial charge in [-0.15, -0.1) is 0 Å². The van der Waals surface area contributed by atoms with Gasteiger partial charge >= 0.3 is 0 Å². The first-order valence-corrected chi connectivity index (χ1v) is 10.7. The fourth-order valence-corrected chi connectivity index (χ4v) is 3.91. The number of hydrogen-bond acceptors (Lipinski definition) is 3. The van der Waals surface area contributed by atoms with Crippen LogP contribution in [0.2, 0.25) is 0 Å². The van der Waals surface area contributed by atoms with Crippen molar-refractivity contribution in [1.82, 2.24) is 10.2 Å². The number of nitrogens with zero attached hydrogens (tertiary/aromatic N) is 1. The zero-order valence-corrected chi connectivity index (χ0v) is 17.0. The van der Waals surface area contributed by atoms with E-state index in [-0.39, 0.29) is 18.4 Å². The summed E-state index contributed by atoms with van der Waals surface area (Å²) in [5, 5.41) is 6.12. The number of likely N-dealkylation sites (tertiary alicyclic amines) is 1. The van der Waals surface area contributed by atoms with Crippen molar-refractivity contribution < 1.29 is 9.59 Å². The summed E-state index contributed by atoms with van der Waals surface area (Å²) in [5.74, 6) is 0.674. The van der Waals surface area contributed by atoms with Crippen LogP contribution in [0.4, 0.5) is 5.69 Å². The van der Waals surface area contributed by atoms with Crippen molar-refractivity contribution in [2.75, 3.05) is 31.5 Å². The second-order valence-electron chi connectivity index (χ2n) is 8.14. The Bertz CT molecular complexity index is 706. The lowest BCUT2D eigenvalue weighted by atomic mass is 9.97. The molecule has 1 aliphatic carbocycles. The van der Waals surface area contributed by atoms with Crippen LogP contribution in [0.1, 0.15) is 62.2 Å². The highest BCUT2D eigenvalue weighted by atomic mass is 16.2. The third kappa shape index (κ3) is 6.20. The Kier molecular flexibility index (Phi) is 7.66. The normalized spacial score (nSPS) is 17.9. The first-order chi connectivity index (χ1) is 13.6. The van der Waals surface area contributed by atoms with E-state index in [0.29, 0.717) is 17.2 Å². The monoisotopic (exact) mass is 383 g/mol. The number of nitrogens with one attached hydrogen (secondary N) is 2. The number of benzene rings is 1. The van der Waals surface area contributed by atoms with Gasteiger partial charge in [-0.05, 0) is 75.6 Å². The van der Waals surface area contributed by atoms with Gasteiger partial charge in [-0.2, -0.15) is 0 Å². The average molecular weight is 384 g/mol. The third-order valence-corrected chi connectivity index (χ3v) is 5.76. The molecule has 1 heterocycles.